The summed E-state index contributed by atoms with van der Waals surface area (Å²) >= 11 is 0. The van der Waals surface area contributed by atoms with E-state index in [2.05, 4.69) is 0 Å². The molecule has 0 heterocycles. The molecule has 0 amide bonds. The number of hydrogen-bond acceptors (Lipinski definition) is 3. The van der Waals surface area contributed by atoms with Crippen molar-refractivity contribution >= 4 is 12.3 Å². The first kappa shape index (κ1) is 13.8. The Morgan fingerprint density at radius 1 is 1.25 bits per heavy atom. The van der Waals surface area contributed by atoms with Crippen LogP contribution < -0.4 is 4.74 Å². The van der Waals surface area contributed by atoms with Crippen molar-refractivity contribution in [2.75, 3.05) is 7.11 Å². The van der Waals surface area contributed by atoms with E-state index in [1.165, 1.54) is 7.11 Å². The Balaban J connectivity index is 2.58. The predicted molar refractivity (Wildman–Crippen MR) is 75.2 cm³/mol. The number of carboxylic acid groups (broad SMARTS) is 1. The Bertz CT molecular complexity index is 632. The van der Waals surface area contributed by atoms with E-state index in [4.69, 9.17) is 9.84 Å². The highest BCUT2D eigenvalue weighted by atomic mass is 16.5. The number of carboxylic acids is 1. The monoisotopic (exact) mass is 270 g/mol. The molecule has 0 aliphatic rings. The fraction of sp³-hybridized carbons (Fsp3) is 0.125. The van der Waals surface area contributed by atoms with Gasteiger partial charge < -0.3 is 9.84 Å². The number of benzene rings is 2. The van der Waals surface area contributed by atoms with Crippen molar-refractivity contribution in [1.29, 1.82) is 0 Å². The van der Waals surface area contributed by atoms with Crippen LogP contribution in [0, 0.1) is 0 Å². The molecule has 0 spiro atoms. The number of carbonyl (C=O) groups is 2. The summed E-state index contributed by atoms with van der Waals surface area (Å²) in [5.41, 5.74) is 2.55. The zero-order chi connectivity index (χ0) is 14.5. The van der Waals surface area contributed by atoms with Gasteiger partial charge in [-0.25, -0.2) is 0 Å². The highest BCUT2D eigenvalue weighted by Gasteiger charge is 2.13. The minimum atomic E-state index is -0.965. The molecular formula is C16H14O4. The third kappa shape index (κ3) is 2.85. The molecule has 0 unspecified atom stereocenters. The van der Waals surface area contributed by atoms with Crippen LogP contribution in [-0.2, 0) is 11.2 Å². The Morgan fingerprint density at radius 3 is 2.50 bits per heavy atom. The summed E-state index contributed by atoms with van der Waals surface area (Å²) in [4.78, 5) is 22.1. The standard InChI is InChI=1S/C16H14O4/c1-20-15-9-14(11-5-3-2-4-6-11)13(10-17)7-12(15)8-16(18)19/h2-7,9-10H,8H2,1H3,(H,18,19). The quantitative estimate of drug-likeness (QED) is 0.848. The fourth-order valence-electron chi connectivity index (χ4n) is 2.10. The largest absolute Gasteiger partial charge is 0.496 e. The molecule has 1 N–H and O–H groups in total. The normalized spacial score (nSPS) is 10.1. The molecule has 0 saturated heterocycles. The molecule has 4 heteroatoms. The van der Waals surface area contributed by atoms with Gasteiger partial charge in [-0.2, -0.15) is 0 Å². The SMILES string of the molecule is COc1cc(-c2ccccc2)c(C=O)cc1CC(=O)O. The molecule has 0 aliphatic carbocycles. The van der Waals surface area contributed by atoms with Gasteiger partial charge in [-0.15, -0.1) is 0 Å². The smallest absolute Gasteiger partial charge is 0.307 e. The molecule has 0 fully saturated rings. The maximum Gasteiger partial charge on any atom is 0.307 e. The minimum Gasteiger partial charge on any atom is -0.496 e. The second-order valence-electron chi connectivity index (χ2n) is 4.31. The number of methoxy groups -OCH3 is 1. The molecule has 0 aromatic heterocycles. The second-order valence-corrected chi connectivity index (χ2v) is 4.31. The lowest BCUT2D eigenvalue weighted by atomic mass is 9.96. The lowest BCUT2D eigenvalue weighted by Crippen LogP contribution is -2.04. The summed E-state index contributed by atoms with van der Waals surface area (Å²) in [5.74, 6) is -0.496. The van der Waals surface area contributed by atoms with Gasteiger partial charge in [0.15, 0.2) is 6.29 Å². The van der Waals surface area contributed by atoms with Crippen molar-refractivity contribution in [2.24, 2.45) is 0 Å². The van der Waals surface area contributed by atoms with E-state index in [9.17, 15) is 9.59 Å². The molecular weight excluding hydrogens is 256 g/mol. The van der Waals surface area contributed by atoms with Gasteiger partial charge in [-0.3, -0.25) is 9.59 Å². The van der Waals surface area contributed by atoms with Gasteiger partial charge in [0.05, 0.1) is 13.5 Å². The van der Waals surface area contributed by atoms with Gasteiger partial charge in [0.25, 0.3) is 0 Å². The summed E-state index contributed by atoms with van der Waals surface area (Å²) in [7, 11) is 1.48. The molecule has 2 rings (SSSR count). The molecule has 2 aromatic rings. The van der Waals surface area contributed by atoms with E-state index < -0.39 is 5.97 Å². The third-order valence-corrected chi connectivity index (χ3v) is 3.01. The Kier molecular flexibility index (Phi) is 4.15. The number of aliphatic carboxylic acids is 1. The molecule has 20 heavy (non-hydrogen) atoms. The van der Waals surface area contributed by atoms with Crippen LogP contribution in [0.15, 0.2) is 42.5 Å². The summed E-state index contributed by atoms with van der Waals surface area (Å²) in [6.07, 6.45) is 0.548. The van der Waals surface area contributed by atoms with Crippen molar-refractivity contribution in [3.05, 3.63) is 53.6 Å². The molecule has 102 valence electrons. The predicted octanol–water partition coefficient (Wildman–Crippen LogP) is 2.80. The van der Waals surface area contributed by atoms with E-state index >= 15 is 0 Å². The summed E-state index contributed by atoms with van der Waals surface area (Å²) in [6, 6.07) is 12.7. The Morgan fingerprint density at radius 2 is 1.95 bits per heavy atom. The first-order valence-electron chi connectivity index (χ1n) is 6.09. The number of carbonyl (C=O) groups excluding carboxylic acids is 1. The number of ether oxygens (including phenoxy) is 1. The zero-order valence-corrected chi connectivity index (χ0v) is 11.0. The number of hydrogen-bond donors (Lipinski definition) is 1. The van der Waals surface area contributed by atoms with Crippen molar-refractivity contribution in [1.82, 2.24) is 0 Å². The maximum absolute atomic E-state index is 11.3. The topological polar surface area (TPSA) is 63.6 Å². The van der Waals surface area contributed by atoms with Crippen LogP contribution in [-0.4, -0.2) is 24.5 Å². The lowest BCUT2D eigenvalue weighted by Gasteiger charge is -2.12. The van der Waals surface area contributed by atoms with Crippen LogP contribution in [0.4, 0.5) is 0 Å². The minimum absolute atomic E-state index is 0.181. The molecule has 2 aromatic carbocycles. The van der Waals surface area contributed by atoms with Crippen LogP contribution >= 0.6 is 0 Å². The highest BCUT2D eigenvalue weighted by Crippen LogP contribution is 2.30. The first-order valence-corrected chi connectivity index (χ1v) is 6.09. The Labute approximate surface area is 116 Å². The average Bonchev–Trinajstić information content (AvgIpc) is 2.47. The van der Waals surface area contributed by atoms with Crippen molar-refractivity contribution in [2.45, 2.75) is 6.42 Å². The molecule has 4 nitrogen and oxygen atoms in total. The van der Waals surface area contributed by atoms with Gasteiger partial charge in [0.2, 0.25) is 0 Å². The van der Waals surface area contributed by atoms with E-state index in [1.54, 1.807) is 12.1 Å². The van der Waals surface area contributed by atoms with Crippen LogP contribution in [0.25, 0.3) is 11.1 Å². The number of rotatable bonds is 5. The van der Waals surface area contributed by atoms with E-state index in [0.717, 1.165) is 17.4 Å². The molecule has 0 atom stereocenters. The van der Waals surface area contributed by atoms with Gasteiger partial charge in [-0.1, -0.05) is 30.3 Å². The molecule has 0 bridgehead atoms. The average molecular weight is 270 g/mol. The summed E-state index contributed by atoms with van der Waals surface area (Å²) < 4.78 is 5.23. The van der Waals surface area contributed by atoms with Crippen LogP contribution in [0.5, 0.6) is 5.75 Å². The zero-order valence-electron chi connectivity index (χ0n) is 11.0. The van der Waals surface area contributed by atoms with Crippen LogP contribution in [0.1, 0.15) is 15.9 Å². The number of aldehydes is 1. The van der Waals surface area contributed by atoms with Crippen molar-refractivity contribution in [3.63, 3.8) is 0 Å². The fourth-order valence-corrected chi connectivity index (χ4v) is 2.10. The van der Waals surface area contributed by atoms with E-state index in [1.807, 2.05) is 30.3 Å². The molecule has 0 saturated carbocycles. The van der Waals surface area contributed by atoms with Gasteiger partial charge in [0, 0.05) is 11.1 Å². The van der Waals surface area contributed by atoms with Crippen molar-refractivity contribution < 1.29 is 19.4 Å². The maximum atomic E-state index is 11.3. The van der Waals surface area contributed by atoms with E-state index in [0.29, 0.717) is 16.9 Å². The van der Waals surface area contributed by atoms with E-state index in [-0.39, 0.29) is 6.42 Å². The van der Waals surface area contributed by atoms with Gasteiger partial charge >= 0.3 is 5.97 Å². The van der Waals surface area contributed by atoms with Crippen LogP contribution in [0.3, 0.4) is 0 Å². The summed E-state index contributed by atoms with van der Waals surface area (Å²) in [6.45, 7) is 0. The third-order valence-electron chi connectivity index (χ3n) is 3.01. The first-order chi connectivity index (χ1) is 9.65. The molecule has 0 radical (unpaired) electrons. The van der Waals surface area contributed by atoms with Gasteiger partial charge in [0.1, 0.15) is 5.75 Å². The van der Waals surface area contributed by atoms with Crippen molar-refractivity contribution in [3.8, 4) is 16.9 Å². The lowest BCUT2D eigenvalue weighted by molar-refractivity contribution is -0.136. The summed E-state index contributed by atoms with van der Waals surface area (Å²) in [5, 5.41) is 8.89. The highest BCUT2D eigenvalue weighted by molar-refractivity contribution is 5.89. The Hall–Kier alpha value is -2.62. The second kappa shape index (κ2) is 6.02. The van der Waals surface area contributed by atoms with Gasteiger partial charge in [-0.05, 0) is 23.3 Å². The van der Waals surface area contributed by atoms with Crippen LogP contribution in [0.2, 0.25) is 0 Å². The molecule has 0 aliphatic heterocycles.